The fourth-order valence-electron chi connectivity index (χ4n) is 1.30. The SMILES string of the molecule is O=C1OCC(CO)N1c1ccc(Cl)o1. The Labute approximate surface area is 84.8 Å². The van der Waals surface area contributed by atoms with Gasteiger partial charge in [-0.2, -0.15) is 0 Å². The van der Waals surface area contributed by atoms with Gasteiger partial charge in [0, 0.05) is 6.07 Å². The molecule has 1 aromatic heterocycles. The number of nitrogens with zero attached hydrogens (tertiary/aromatic N) is 1. The van der Waals surface area contributed by atoms with Crippen molar-refractivity contribution >= 4 is 23.6 Å². The minimum Gasteiger partial charge on any atom is -0.447 e. The van der Waals surface area contributed by atoms with Crippen molar-refractivity contribution in [2.75, 3.05) is 18.1 Å². The van der Waals surface area contributed by atoms with Gasteiger partial charge in [-0.1, -0.05) is 0 Å². The molecule has 1 aromatic rings. The lowest BCUT2D eigenvalue weighted by Crippen LogP contribution is -2.35. The molecule has 0 aliphatic carbocycles. The van der Waals surface area contributed by atoms with Crippen LogP contribution in [0.1, 0.15) is 0 Å². The number of rotatable bonds is 2. The number of furan rings is 1. The van der Waals surface area contributed by atoms with Crippen LogP contribution >= 0.6 is 11.6 Å². The van der Waals surface area contributed by atoms with Gasteiger partial charge in [0.25, 0.3) is 0 Å². The zero-order valence-corrected chi connectivity index (χ0v) is 7.90. The molecule has 5 nitrogen and oxygen atoms in total. The van der Waals surface area contributed by atoms with Gasteiger partial charge in [-0.25, -0.2) is 9.69 Å². The molecule has 1 N–H and O–H groups in total. The first-order chi connectivity index (χ1) is 6.72. The summed E-state index contributed by atoms with van der Waals surface area (Å²) in [6, 6.07) is 2.68. The summed E-state index contributed by atoms with van der Waals surface area (Å²) in [5.41, 5.74) is 0. The molecule has 0 spiro atoms. The third kappa shape index (κ3) is 1.44. The number of halogens is 1. The van der Waals surface area contributed by atoms with Gasteiger partial charge in [0.05, 0.1) is 6.61 Å². The first kappa shape index (κ1) is 9.36. The predicted octanol–water partition coefficient (Wildman–Crippen LogP) is 1.25. The molecule has 1 fully saturated rings. The van der Waals surface area contributed by atoms with E-state index in [1.54, 1.807) is 6.07 Å². The van der Waals surface area contributed by atoms with Gasteiger partial charge in [-0.05, 0) is 17.7 Å². The van der Waals surface area contributed by atoms with Crippen LogP contribution in [0.5, 0.6) is 0 Å². The molecule has 1 aliphatic rings. The molecular weight excluding hydrogens is 210 g/mol. The van der Waals surface area contributed by atoms with E-state index >= 15 is 0 Å². The van der Waals surface area contributed by atoms with Gasteiger partial charge in [-0.3, -0.25) is 0 Å². The maximum Gasteiger partial charge on any atom is 0.417 e. The molecular formula is C8H8ClNO4. The largest absolute Gasteiger partial charge is 0.447 e. The second-order valence-corrected chi connectivity index (χ2v) is 3.23. The summed E-state index contributed by atoms with van der Waals surface area (Å²) in [6.45, 7) is -0.0162. The molecule has 1 amide bonds. The summed E-state index contributed by atoms with van der Waals surface area (Å²) in [6.07, 6.45) is -0.532. The minimum atomic E-state index is -0.532. The maximum atomic E-state index is 11.2. The number of hydrogen-bond acceptors (Lipinski definition) is 4. The number of cyclic esters (lactones) is 1. The number of carbonyl (C=O) groups excluding carboxylic acids is 1. The lowest BCUT2D eigenvalue weighted by atomic mass is 10.3. The van der Waals surface area contributed by atoms with Gasteiger partial charge in [-0.15, -0.1) is 0 Å². The van der Waals surface area contributed by atoms with Crippen LogP contribution in [0.4, 0.5) is 10.7 Å². The number of amides is 1. The van der Waals surface area contributed by atoms with Crippen molar-refractivity contribution in [1.29, 1.82) is 0 Å². The van der Waals surface area contributed by atoms with Crippen LogP contribution in [-0.4, -0.2) is 30.5 Å². The van der Waals surface area contributed by atoms with Crippen LogP contribution in [0.3, 0.4) is 0 Å². The zero-order valence-electron chi connectivity index (χ0n) is 7.14. The Hall–Kier alpha value is -1.20. The Morgan fingerprint density at radius 3 is 3.00 bits per heavy atom. The highest BCUT2D eigenvalue weighted by atomic mass is 35.5. The lowest BCUT2D eigenvalue weighted by molar-refractivity contribution is 0.173. The summed E-state index contributed by atoms with van der Waals surface area (Å²) in [7, 11) is 0. The predicted molar refractivity (Wildman–Crippen MR) is 48.4 cm³/mol. The monoisotopic (exact) mass is 217 g/mol. The summed E-state index contributed by atoms with van der Waals surface area (Å²) < 4.78 is 9.81. The Bertz CT molecular complexity index is 351. The number of ether oxygens (including phenoxy) is 1. The molecule has 1 atom stereocenters. The van der Waals surface area contributed by atoms with Crippen molar-refractivity contribution in [3.8, 4) is 0 Å². The third-order valence-electron chi connectivity index (χ3n) is 1.97. The Morgan fingerprint density at radius 2 is 2.43 bits per heavy atom. The molecule has 1 unspecified atom stereocenters. The van der Waals surface area contributed by atoms with E-state index in [0.717, 1.165) is 0 Å². The number of hydrogen-bond donors (Lipinski definition) is 1. The van der Waals surface area contributed by atoms with E-state index in [1.807, 2.05) is 0 Å². The van der Waals surface area contributed by atoms with E-state index in [1.165, 1.54) is 11.0 Å². The van der Waals surface area contributed by atoms with Crippen molar-refractivity contribution in [2.45, 2.75) is 6.04 Å². The standard InChI is InChI=1S/C8H8ClNO4/c9-6-1-2-7(14-6)10-5(3-11)4-13-8(10)12/h1-2,5,11H,3-4H2. The average Bonchev–Trinajstić information content (AvgIpc) is 2.71. The topological polar surface area (TPSA) is 62.9 Å². The molecule has 0 bridgehead atoms. The van der Waals surface area contributed by atoms with Gasteiger partial charge < -0.3 is 14.3 Å². The second-order valence-electron chi connectivity index (χ2n) is 2.86. The highest BCUT2D eigenvalue weighted by Gasteiger charge is 2.35. The number of aliphatic hydroxyl groups excluding tert-OH is 1. The highest BCUT2D eigenvalue weighted by Crippen LogP contribution is 2.27. The molecule has 1 saturated heterocycles. The summed E-state index contributed by atoms with van der Waals surface area (Å²) >= 11 is 5.57. The minimum absolute atomic E-state index is 0.160. The third-order valence-corrected chi connectivity index (χ3v) is 2.17. The lowest BCUT2D eigenvalue weighted by Gasteiger charge is -2.15. The summed E-state index contributed by atoms with van der Waals surface area (Å²) in [5.74, 6) is 0.288. The molecule has 1 aliphatic heterocycles. The maximum absolute atomic E-state index is 11.2. The average molecular weight is 218 g/mol. The smallest absolute Gasteiger partial charge is 0.417 e. The molecule has 0 aromatic carbocycles. The van der Waals surface area contributed by atoms with Crippen molar-refractivity contribution in [3.05, 3.63) is 17.4 Å². The van der Waals surface area contributed by atoms with E-state index in [4.69, 9.17) is 25.9 Å². The first-order valence-electron chi connectivity index (χ1n) is 4.04. The van der Waals surface area contributed by atoms with Crippen molar-refractivity contribution < 1.29 is 19.1 Å². The quantitative estimate of drug-likeness (QED) is 0.810. The summed E-state index contributed by atoms with van der Waals surface area (Å²) in [5, 5.41) is 9.16. The first-order valence-corrected chi connectivity index (χ1v) is 4.42. The van der Waals surface area contributed by atoms with Gasteiger partial charge in [0.15, 0.2) is 5.22 Å². The molecule has 6 heteroatoms. The fourth-order valence-corrected chi connectivity index (χ4v) is 1.44. The van der Waals surface area contributed by atoms with E-state index in [-0.39, 0.29) is 24.3 Å². The molecule has 0 saturated carbocycles. The van der Waals surface area contributed by atoms with E-state index < -0.39 is 12.1 Å². The van der Waals surface area contributed by atoms with E-state index in [9.17, 15) is 4.79 Å². The van der Waals surface area contributed by atoms with Crippen LogP contribution in [0.15, 0.2) is 16.5 Å². The van der Waals surface area contributed by atoms with Gasteiger partial charge >= 0.3 is 6.09 Å². The van der Waals surface area contributed by atoms with E-state index in [0.29, 0.717) is 0 Å². The normalized spacial score (nSPS) is 21.4. The van der Waals surface area contributed by atoms with Crippen molar-refractivity contribution in [3.63, 3.8) is 0 Å². The Morgan fingerprint density at radius 1 is 1.64 bits per heavy atom. The van der Waals surface area contributed by atoms with Gasteiger partial charge in [0.2, 0.25) is 5.88 Å². The van der Waals surface area contributed by atoms with E-state index in [2.05, 4.69) is 0 Å². The van der Waals surface area contributed by atoms with Crippen LogP contribution in [-0.2, 0) is 4.74 Å². The molecule has 2 rings (SSSR count). The van der Waals surface area contributed by atoms with Crippen molar-refractivity contribution in [2.24, 2.45) is 0 Å². The molecule has 76 valence electrons. The fraction of sp³-hybridized carbons (Fsp3) is 0.375. The van der Waals surface area contributed by atoms with Crippen molar-refractivity contribution in [1.82, 2.24) is 0 Å². The number of carbonyl (C=O) groups is 1. The van der Waals surface area contributed by atoms with Crippen LogP contribution < -0.4 is 4.90 Å². The summed E-state index contributed by atoms with van der Waals surface area (Å²) in [4.78, 5) is 12.5. The highest BCUT2D eigenvalue weighted by molar-refractivity contribution is 6.29. The zero-order chi connectivity index (χ0) is 10.1. The second kappa shape index (κ2) is 3.51. The Balaban J connectivity index is 2.27. The van der Waals surface area contributed by atoms with Gasteiger partial charge in [0.1, 0.15) is 12.6 Å². The number of aliphatic hydroxyl groups is 1. The van der Waals surface area contributed by atoms with Crippen LogP contribution in [0.25, 0.3) is 0 Å². The van der Waals surface area contributed by atoms with Crippen LogP contribution in [0.2, 0.25) is 5.22 Å². The number of anilines is 1. The van der Waals surface area contributed by atoms with Crippen LogP contribution in [0, 0.1) is 0 Å². The Kier molecular flexibility index (Phi) is 2.35. The molecule has 14 heavy (non-hydrogen) atoms. The molecule has 0 radical (unpaired) electrons. The molecule has 2 heterocycles.